The maximum absolute atomic E-state index is 12.1. The molecule has 0 aromatic heterocycles. The molecule has 2 heterocycles. The van der Waals surface area contributed by atoms with Crippen LogP contribution in [0.4, 0.5) is 4.79 Å². The Morgan fingerprint density at radius 2 is 2.18 bits per heavy atom. The van der Waals surface area contributed by atoms with Crippen molar-refractivity contribution >= 4 is 22.2 Å². The van der Waals surface area contributed by atoms with E-state index >= 15 is 0 Å². The predicted molar refractivity (Wildman–Crippen MR) is 71.4 cm³/mol. The molecule has 0 spiro atoms. The standard InChI is InChI=1S/C10H18N4O7S/c11-3-4-20-12-5-9(15)8-2-1-7-6-13(8)10(16)14(7)21-22(17,18)19/h7-8,12H,1-6,11H2,(H,17,18,19)/t7-,8-/m0/s1. The third-order valence-electron chi connectivity index (χ3n) is 3.44. The number of nitrogens with two attached hydrogens (primary N) is 1. The molecule has 0 radical (unpaired) electrons. The van der Waals surface area contributed by atoms with Gasteiger partial charge in [-0.3, -0.25) is 9.35 Å². The number of hydrogen-bond donors (Lipinski definition) is 3. The number of piperidine rings is 1. The molecule has 2 saturated heterocycles. The summed E-state index contributed by atoms with van der Waals surface area (Å²) in [7, 11) is -4.79. The first-order valence-electron chi connectivity index (χ1n) is 6.67. The molecular weight excluding hydrogens is 320 g/mol. The molecule has 11 nitrogen and oxygen atoms in total. The maximum atomic E-state index is 12.1. The fourth-order valence-electron chi connectivity index (χ4n) is 2.54. The number of amides is 2. The number of nitrogens with zero attached hydrogens (tertiary/aromatic N) is 2. The Morgan fingerprint density at radius 1 is 1.45 bits per heavy atom. The van der Waals surface area contributed by atoms with E-state index in [4.69, 9.17) is 15.1 Å². The summed E-state index contributed by atoms with van der Waals surface area (Å²) in [6.45, 7) is 0.615. The Morgan fingerprint density at radius 3 is 2.82 bits per heavy atom. The number of fused-ring (bicyclic) bond motifs is 2. The van der Waals surface area contributed by atoms with Crippen molar-refractivity contribution in [2.24, 2.45) is 5.73 Å². The highest BCUT2D eigenvalue weighted by Gasteiger charge is 2.48. The van der Waals surface area contributed by atoms with Gasteiger partial charge < -0.3 is 15.5 Å². The Hall–Kier alpha value is -1.31. The van der Waals surface area contributed by atoms with Crippen LogP contribution in [0, 0.1) is 0 Å². The number of urea groups is 1. The number of ketones is 1. The van der Waals surface area contributed by atoms with Gasteiger partial charge in [0.05, 0.1) is 25.2 Å². The second kappa shape index (κ2) is 6.85. The van der Waals surface area contributed by atoms with Crippen molar-refractivity contribution in [3.05, 3.63) is 0 Å². The molecule has 126 valence electrons. The lowest BCUT2D eigenvalue weighted by atomic mass is 9.98. The molecule has 2 atom stereocenters. The summed E-state index contributed by atoms with van der Waals surface area (Å²) in [6.07, 6.45) is 0.761. The summed E-state index contributed by atoms with van der Waals surface area (Å²) < 4.78 is 34.5. The predicted octanol–water partition coefficient (Wildman–Crippen LogP) is -1.96. The first-order valence-corrected chi connectivity index (χ1v) is 8.04. The lowest BCUT2D eigenvalue weighted by Crippen LogP contribution is -2.48. The van der Waals surface area contributed by atoms with Crippen LogP contribution in [0.3, 0.4) is 0 Å². The van der Waals surface area contributed by atoms with Gasteiger partial charge in [-0.05, 0) is 12.8 Å². The second-order valence-corrected chi connectivity index (χ2v) is 5.94. The fourth-order valence-corrected chi connectivity index (χ4v) is 2.93. The molecule has 2 amide bonds. The average molecular weight is 338 g/mol. The number of hydrogen-bond acceptors (Lipinski definition) is 8. The lowest BCUT2D eigenvalue weighted by Gasteiger charge is -2.29. The zero-order valence-corrected chi connectivity index (χ0v) is 12.5. The van der Waals surface area contributed by atoms with E-state index in [0.717, 1.165) is 0 Å². The molecule has 0 aliphatic carbocycles. The Kier molecular flexibility index (Phi) is 5.31. The Balaban J connectivity index is 1.95. The van der Waals surface area contributed by atoms with Crippen molar-refractivity contribution in [3.63, 3.8) is 0 Å². The molecule has 2 aliphatic rings. The highest BCUT2D eigenvalue weighted by Crippen LogP contribution is 2.30. The van der Waals surface area contributed by atoms with Crippen molar-refractivity contribution < 1.29 is 31.7 Å². The molecule has 0 unspecified atom stereocenters. The van der Waals surface area contributed by atoms with Gasteiger partial charge in [0.1, 0.15) is 0 Å². The third-order valence-corrected chi connectivity index (χ3v) is 3.79. The zero-order chi connectivity index (χ0) is 16.3. The second-order valence-electron chi connectivity index (χ2n) is 4.93. The van der Waals surface area contributed by atoms with E-state index in [9.17, 15) is 18.0 Å². The van der Waals surface area contributed by atoms with E-state index < -0.39 is 28.5 Å². The van der Waals surface area contributed by atoms with Crippen molar-refractivity contribution in [1.29, 1.82) is 0 Å². The number of rotatable bonds is 8. The Labute approximate surface area is 127 Å². The smallest absolute Gasteiger partial charge is 0.328 e. The normalized spacial score (nSPS) is 24.9. The van der Waals surface area contributed by atoms with Gasteiger partial charge in [0.15, 0.2) is 5.78 Å². The summed E-state index contributed by atoms with van der Waals surface area (Å²) in [5.74, 6) is -0.266. The number of carbonyl (C=O) groups excluding carboxylic acids is 2. The lowest BCUT2D eigenvalue weighted by molar-refractivity contribution is -0.125. The van der Waals surface area contributed by atoms with Gasteiger partial charge in [-0.15, -0.1) is 4.28 Å². The molecular formula is C10H18N4O7S. The fraction of sp³-hybridized carbons (Fsp3) is 0.800. The highest BCUT2D eigenvalue weighted by atomic mass is 32.3. The first-order chi connectivity index (χ1) is 10.3. The summed E-state index contributed by atoms with van der Waals surface area (Å²) in [6, 6.07) is -1.96. The minimum Gasteiger partial charge on any atom is -0.328 e. The average Bonchev–Trinajstić information content (AvgIpc) is 2.67. The molecule has 2 aliphatic heterocycles. The highest BCUT2D eigenvalue weighted by molar-refractivity contribution is 7.80. The molecule has 4 N–H and O–H groups in total. The largest absolute Gasteiger partial charge is 0.418 e. The molecule has 22 heavy (non-hydrogen) atoms. The van der Waals surface area contributed by atoms with Gasteiger partial charge in [0, 0.05) is 13.1 Å². The number of hydroxylamine groups is 3. The van der Waals surface area contributed by atoms with Gasteiger partial charge in [-0.2, -0.15) is 19.0 Å². The Bertz CT molecular complexity index is 539. The molecule has 0 aromatic rings. The monoisotopic (exact) mass is 338 g/mol. The van der Waals surface area contributed by atoms with Gasteiger partial charge in [-0.1, -0.05) is 0 Å². The first kappa shape index (κ1) is 17.1. The number of nitrogens with one attached hydrogen (secondary N) is 1. The van der Waals surface area contributed by atoms with Crippen LogP contribution in [-0.2, 0) is 24.3 Å². The van der Waals surface area contributed by atoms with Crippen molar-refractivity contribution in [2.45, 2.75) is 24.9 Å². The van der Waals surface area contributed by atoms with E-state index in [1.807, 2.05) is 0 Å². The maximum Gasteiger partial charge on any atom is 0.418 e. The van der Waals surface area contributed by atoms with Crippen LogP contribution >= 0.6 is 0 Å². The van der Waals surface area contributed by atoms with Crippen molar-refractivity contribution in [1.82, 2.24) is 15.4 Å². The van der Waals surface area contributed by atoms with Crippen LogP contribution in [0.1, 0.15) is 12.8 Å². The van der Waals surface area contributed by atoms with E-state index in [1.54, 1.807) is 0 Å². The summed E-state index contributed by atoms with van der Waals surface area (Å²) >= 11 is 0. The van der Waals surface area contributed by atoms with E-state index in [0.29, 0.717) is 24.4 Å². The van der Waals surface area contributed by atoms with Crippen LogP contribution in [-0.4, -0.2) is 73.1 Å². The van der Waals surface area contributed by atoms with Gasteiger partial charge >= 0.3 is 16.4 Å². The summed E-state index contributed by atoms with van der Waals surface area (Å²) in [4.78, 5) is 30.3. The van der Waals surface area contributed by atoms with Gasteiger partial charge in [0.2, 0.25) is 0 Å². The minimum atomic E-state index is -4.79. The summed E-state index contributed by atoms with van der Waals surface area (Å²) in [5, 5.41) is 0.598. The van der Waals surface area contributed by atoms with Crippen LogP contribution in [0.15, 0.2) is 0 Å². The molecule has 0 saturated carbocycles. The van der Waals surface area contributed by atoms with E-state index in [-0.39, 0.29) is 25.5 Å². The quantitative estimate of drug-likeness (QED) is 0.260. The van der Waals surface area contributed by atoms with Crippen LogP contribution in [0.25, 0.3) is 0 Å². The zero-order valence-electron chi connectivity index (χ0n) is 11.7. The molecule has 12 heteroatoms. The van der Waals surface area contributed by atoms with Crippen LogP contribution in [0.5, 0.6) is 0 Å². The van der Waals surface area contributed by atoms with Crippen molar-refractivity contribution in [2.75, 3.05) is 26.2 Å². The number of carbonyl (C=O) groups is 2. The van der Waals surface area contributed by atoms with Crippen molar-refractivity contribution in [3.8, 4) is 0 Å². The van der Waals surface area contributed by atoms with Crippen LogP contribution in [0.2, 0.25) is 0 Å². The molecule has 2 bridgehead atoms. The summed E-state index contributed by atoms with van der Waals surface area (Å²) in [5.41, 5.74) is 7.69. The van der Waals surface area contributed by atoms with Crippen LogP contribution < -0.4 is 11.2 Å². The van der Waals surface area contributed by atoms with Gasteiger partial charge in [0.25, 0.3) is 0 Å². The SMILES string of the molecule is NCCONCC(=O)[C@@H]1CC[C@H]2CN1C(=O)N2OS(=O)(=O)O. The molecule has 2 fully saturated rings. The third kappa shape index (κ3) is 3.91. The molecule has 0 aromatic carbocycles. The number of Topliss-reactive ketones (excluding diaryl/α,β-unsaturated/α-hetero) is 1. The van der Waals surface area contributed by atoms with E-state index in [1.165, 1.54) is 4.90 Å². The topological polar surface area (TPSA) is 151 Å². The molecule has 2 rings (SSSR count). The van der Waals surface area contributed by atoms with E-state index in [2.05, 4.69) is 9.76 Å². The van der Waals surface area contributed by atoms with Gasteiger partial charge in [-0.25, -0.2) is 4.79 Å². The minimum absolute atomic E-state index is 0.0989.